The van der Waals surface area contributed by atoms with Gasteiger partial charge in [0.2, 0.25) is 5.91 Å². The average Bonchev–Trinajstić information content (AvgIpc) is 2.97. The Balaban J connectivity index is 2.07. The normalized spacial score (nSPS) is 38.1. The average molecular weight is 292 g/mol. The zero-order valence-corrected chi connectivity index (χ0v) is 12.0. The fraction of sp³-hybridized carbons (Fsp3) is 0.929. The van der Waals surface area contributed by atoms with Crippen molar-refractivity contribution in [2.45, 2.75) is 51.7 Å². The van der Waals surface area contributed by atoms with Gasteiger partial charge < -0.3 is 10.6 Å². The number of carbonyl (C=O) groups is 1. The number of rotatable bonds is 3. The molecular formula is C14H23F3N2O. The lowest BCUT2D eigenvalue weighted by molar-refractivity contribution is -0.216. The minimum atomic E-state index is -4.49. The molecule has 0 bridgehead atoms. The summed E-state index contributed by atoms with van der Waals surface area (Å²) in [6, 6.07) is -0.118. The third kappa shape index (κ3) is 2.54. The standard InChI is InChI=1S/C14H23F3N2O/c1-3-10-4-5-11(9(10)2)19-12(20)13(14(15,16)17)6-7-18-8-13/h9-11,18H,3-8H2,1-2H3,(H,19,20). The van der Waals surface area contributed by atoms with Crippen LogP contribution in [-0.4, -0.2) is 31.2 Å². The van der Waals surface area contributed by atoms with Crippen LogP contribution in [0.25, 0.3) is 0 Å². The third-order valence-corrected chi connectivity index (χ3v) is 5.20. The number of carbonyl (C=O) groups excluding carboxylic acids is 1. The van der Waals surface area contributed by atoms with E-state index in [2.05, 4.69) is 17.6 Å². The van der Waals surface area contributed by atoms with Crippen molar-refractivity contribution in [2.24, 2.45) is 17.3 Å². The van der Waals surface area contributed by atoms with Crippen LogP contribution in [0.2, 0.25) is 0 Å². The summed E-state index contributed by atoms with van der Waals surface area (Å²) in [7, 11) is 0. The number of hydrogen-bond acceptors (Lipinski definition) is 2. The summed E-state index contributed by atoms with van der Waals surface area (Å²) in [5, 5.41) is 5.36. The second-order valence-corrected chi connectivity index (χ2v) is 6.19. The number of amides is 1. The first-order chi connectivity index (χ1) is 9.32. The SMILES string of the molecule is CCC1CCC(NC(=O)C2(C(F)(F)F)CCNC2)C1C. The van der Waals surface area contributed by atoms with Gasteiger partial charge in [-0.1, -0.05) is 20.3 Å². The lowest BCUT2D eigenvalue weighted by atomic mass is 9.84. The maximum atomic E-state index is 13.3. The van der Waals surface area contributed by atoms with E-state index in [1.165, 1.54) is 0 Å². The van der Waals surface area contributed by atoms with Crippen LogP contribution in [0.15, 0.2) is 0 Å². The maximum absolute atomic E-state index is 13.3. The predicted molar refractivity (Wildman–Crippen MR) is 70.1 cm³/mol. The van der Waals surface area contributed by atoms with Crippen molar-refractivity contribution in [3.63, 3.8) is 0 Å². The van der Waals surface area contributed by atoms with Gasteiger partial charge in [0.15, 0.2) is 5.41 Å². The monoisotopic (exact) mass is 292 g/mol. The van der Waals surface area contributed by atoms with Crippen LogP contribution < -0.4 is 10.6 Å². The molecule has 1 saturated carbocycles. The molecule has 2 fully saturated rings. The van der Waals surface area contributed by atoms with Gasteiger partial charge >= 0.3 is 6.18 Å². The lowest BCUT2D eigenvalue weighted by Crippen LogP contribution is -2.54. The Morgan fingerprint density at radius 2 is 2.10 bits per heavy atom. The molecule has 1 heterocycles. The first kappa shape index (κ1) is 15.6. The molecule has 4 atom stereocenters. The number of nitrogens with one attached hydrogen (secondary N) is 2. The molecular weight excluding hydrogens is 269 g/mol. The van der Waals surface area contributed by atoms with Gasteiger partial charge in [-0.05, 0) is 37.6 Å². The molecule has 1 aliphatic heterocycles. The van der Waals surface area contributed by atoms with Crippen LogP contribution in [0.4, 0.5) is 13.2 Å². The molecule has 116 valence electrons. The van der Waals surface area contributed by atoms with Crippen molar-refractivity contribution in [1.82, 2.24) is 10.6 Å². The molecule has 0 radical (unpaired) electrons. The largest absolute Gasteiger partial charge is 0.404 e. The number of alkyl halides is 3. The Hall–Kier alpha value is -0.780. The summed E-state index contributed by atoms with van der Waals surface area (Å²) < 4.78 is 39.8. The molecule has 2 aliphatic rings. The highest BCUT2D eigenvalue weighted by atomic mass is 19.4. The zero-order chi connectivity index (χ0) is 15.0. The van der Waals surface area contributed by atoms with Gasteiger partial charge in [-0.2, -0.15) is 13.2 Å². The maximum Gasteiger partial charge on any atom is 0.404 e. The van der Waals surface area contributed by atoms with Crippen molar-refractivity contribution < 1.29 is 18.0 Å². The highest BCUT2D eigenvalue weighted by Crippen LogP contribution is 2.44. The molecule has 3 nitrogen and oxygen atoms in total. The Morgan fingerprint density at radius 3 is 2.55 bits per heavy atom. The van der Waals surface area contributed by atoms with E-state index in [-0.39, 0.29) is 31.5 Å². The lowest BCUT2D eigenvalue weighted by Gasteiger charge is -2.32. The van der Waals surface area contributed by atoms with Crippen LogP contribution in [-0.2, 0) is 4.79 Å². The van der Waals surface area contributed by atoms with Crippen LogP contribution in [0.1, 0.15) is 39.5 Å². The van der Waals surface area contributed by atoms with E-state index in [0.717, 1.165) is 19.3 Å². The minimum Gasteiger partial charge on any atom is -0.352 e. The van der Waals surface area contributed by atoms with Crippen LogP contribution >= 0.6 is 0 Å². The van der Waals surface area contributed by atoms with Crippen molar-refractivity contribution in [3.05, 3.63) is 0 Å². The molecule has 1 amide bonds. The van der Waals surface area contributed by atoms with Gasteiger partial charge in [0.05, 0.1) is 0 Å². The van der Waals surface area contributed by atoms with Crippen molar-refractivity contribution in [3.8, 4) is 0 Å². The van der Waals surface area contributed by atoms with Gasteiger partial charge in [0.1, 0.15) is 0 Å². The molecule has 0 aromatic rings. The summed E-state index contributed by atoms with van der Waals surface area (Å²) in [5.41, 5.74) is -2.24. The molecule has 20 heavy (non-hydrogen) atoms. The smallest absolute Gasteiger partial charge is 0.352 e. The topological polar surface area (TPSA) is 41.1 Å². The summed E-state index contributed by atoms with van der Waals surface area (Å²) in [5.74, 6) is -0.0870. The Labute approximate surface area is 117 Å². The second-order valence-electron chi connectivity index (χ2n) is 6.19. The molecule has 0 aromatic heterocycles. The van der Waals surface area contributed by atoms with E-state index < -0.39 is 17.5 Å². The zero-order valence-electron chi connectivity index (χ0n) is 12.0. The highest BCUT2D eigenvalue weighted by Gasteiger charge is 2.61. The van der Waals surface area contributed by atoms with E-state index in [1.54, 1.807) is 0 Å². The molecule has 0 spiro atoms. The highest BCUT2D eigenvalue weighted by molar-refractivity contribution is 5.84. The number of halogens is 3. The van der Waals surface area contributed by atoms with Crippen molar-refractivity contribution >= 4 is 5.91 Å². The first-order valence-corrected chi connectivity index (χ1v) is 7.40. The Morgan fingerprint density at radius 1 is 1.40 bits per heavy atom. The molecule has 6 heteroatoms. The van der Waals surface area contributed by atoms with E-state index in [9.17, 15) is 18.0 Å². The van der Waals surface area contributed by atoms with Gasteiger partial charge in [-0.25, -0.2) is 0 Å². The van der Waals surface area contributed by atoms with Crippen molar-refractivity contribution in [2.75, 3.05) is 13.1 Å². The van der Waals surface area contributed by atoms with Gasteiger partial charge in [0.25, 0.3) is 0 Å². The summed E-state index contributed by atoms with van der Waals surface area (Å²) >= 11 is 0. The van der Waals surface area contributed by atoms with Crippen LogP contribution in [0.3, 0.4) is 0 Å². The van der Waals surface area contributed by atoms with Crippen molar-refractivity contribution in [1.29, 1.82) is 0 Å². The molecule has 0 aromatic carbocycles. The first-order valence-electron chi connectivity index (χ1n) is 7.40. The van der Waals surface area contributed by atoms with E-state index in [0.29, 0.717) is 5.92 Å². The third-order valence-electron chi connectivity index (χ3n) is 5.20. The Bertz CT molecular complexity index is 364. The molecule has 1 aliphatic carbocycles. The van der Waals surface area contributed by atoms with Gasteiger partial charge in [-0.15, -0.1) is 0 Å². The van der Waals surface area contributed by atoms with Gasteiger partial charge in [-0.3, -0.25) is 4.79 Å². The fourth-order valence-electron chi connectivity index (χ4n) is 3.59. The van der Waals surface area contributed by atoms with E-state index >= 15 is 0 Å². The summed E-state index contributed by atoms with van der Waals surface area (Å²) in [4.78, 5) is 12.2. The minimum absolute atomic E-state index is 0.118. The molecule has 2 rings (SSSR count). The van der Waals surface area contributed by atoms with Gasteiger partial charge in [0, 0.05) is 12.6 Å². The predicted octanol–water partition coefficient (Wildman–Crippen LogP) is 2.47. The number of hydrogen-bond donors (Lipinski definition) is 2. The molecule has 1 saturated heterocycles. The van der Waals surface area contributed by atoms with Crippen LogP contribution in [0, 0.1) is 17.3 Å². The Kier molecular flexibility index (Phi) is 4.33. The van der Waals surface area contributed by atoms with E-state index in [1.807, 2.05) is 6.92 Å². The summed E-state index contributed by atoms with van der Waals surface area (Å²) in [6.45, 7) is 4.05. The molecule has 2 N–H and O–H groups in total. The molecule has 4 unspecified atom stereocenters. The quantitative estimate of drug-likeness (QED) is 0.839. The van der Waals surface area contributed by atoms with Crippen LogP contribution in [0.5, 0.6) is 0 Å². The second kappa shape index (κ2) is 5.54. The summed E-state index contributed by atoms with van der Waals surface area (Å²) in [6.07, 6.45) is -1.88. The van der Waals surface area contributed by atoms with E-state index in [4.69, 9.17) is 0 Å². The fourth-order valence-corrected chi connectivity index (χ4v) is 3.59.